The summed E-state index contributed by atoms with van der Waals surface area (Å²) in [7, 11) is 0. The maximum atomic E-state index is 12.8. The number of alkyl halides is 1. The smallest absolute Gasteiger partial charge is 0.352 e. The molecular weight excluding hydrogens is 275 g/mol. The van der Waals surface area contributed by atoms with E-state index >= 15 is 0 Å². The number of carbonyl (C=O) groups is 2. The number of aromatic nitrogens is 1. The summed E-state index contributed by atoms with van der Waals surface area (Å²) >= 11 is 0. The molecule has 2 atom stereocenters. The van der Waals surface area contributed by atoms with Crippen molar-refractivity contribution in [3.05, 3.63) is 35.5 Å². The van der Waals surface area contributed by atoms with Gasteiger partial charge >= 0.3 is 5.97 Å². The molecular formula is C15H15FN2O3. The Labute approximate surface area is 120 Å². The molecule has 1 aromatic heterocycles. The summed E-state index contributed by atoms with van der Waals surface area (Å²) in [5.41, 5.74) is 1.55. The van der Waals surface area contributed by atoms with E-state index in [1.165, 1.54) is 0 Å². The van der Waals surface area contributed by atoms with E-state index in [0.29, 0.717) is 24.9 Å². The first kappa shape index (κ1) is 13.6. The van der Waals surface area contributed by atoms with Gasteiger partial charge in [-0.3, -0.25) is 4.79 Å². The number of aromatic amines is 1. The molecule has 1 aliphatic carbocycles. The van der Waals surface area contributed by atoms with Crippen LogP contribution < -0.4 is 5.32 Å². The van der Waals surface area contributed by atoms with Gasteiger partial charge in [0.2, 0.25) is 5.91 Å². The SMILES string of the molecule is O=C(O)c1[nH]c2ccccc2c1CCNC(=O)C1CC1F. The molecule has 3 N–H and O–H groups in total. The highest BCUT2D eigenvalue weighted by atomic mass is 19.1. The van der Waals surface area contributed by atoms with Crippen LogP contribution in [0.1, 0.15) is 22.5 Å². The number of carboxylic acids is 1. The number of nitrogens with one attached hydrogen (secondary N) is 2. The summed E-state index contributed by atoms with van der Waals surface area (Å²) < 4.78 is 12.8. The minimum atomic E-state index is -1.03. The van der Waals surface area contributed by atoms with Crippen molar-refractivity contribution in [3.63, 3.8) is 0 Å². The van der Waals surface area contributed by atoms with Crippen LogP contribution in [0.2, 0.25) is 0 Å². The number of fused-ring (bicyclic) bond motifs is 1. The van der Waals surface area contributed by atoms with Gasteiger partial charge in [-0.15, -0.1) is 0 Å². The number of halogens is 1. The van der Waals surface area contributed by atoms with E-state index < -0.39 is 18.1 Å². The summed E-state index contributed by atoms with van der Waals surface area (Å²) in [6.07, 6.45) is -0.340. The number of hydrogen-bond acceptors (Lipinski definition) is 2. The number of amides is 1. The van der Waals surface area contributed by atoms with Gasteiger partial charge in [0.05, 0.1) is 5.92 Å². The fourth-order valence-electron chi connectivity index (χ4n) is 2.52. The number of aromatic carboxylic acids is 1. The summed E-state index contributed by atoms with van der Waals surface area (Å²) in [4.78, 5) is 25.7. The Balaban J connectivity index is 1.74. The van der Waals surface area contributed by atoms with Crippen LogP contribution >= 0.6 is 0 Å². The first-order chi connectivity index (χ1) is 10.1. The van der Waals surface area contributed by atoms with Crippen molar-refractivity contribution in [1.29, 1.82) is 0 Å². The molecule has 2 aromatic rings. The zero-order chi connectivity index (χ0) is 15.0. The molecule has 0 spiro atoms. The van der Waals surface area contributed by atoms with E-state index in [9.17, 15) is 19.1 Å². The second-order valence-corrected chi connectivity index (χ2v) is 5.23. The lowest BCUT2D eigenvalue weighted by Crippen LogP contribution is -2.28. The van der Waals surface area contributed by atoms with Crippen molar-refractivity contribution in [2.24, 2.45) is 5.92 Å². The van der Waals surface area contributed by atoms with Gasteiger partial charge in [0.15, 0.2) is 0 Å². The highest BCUT2D eigenvalue weighted by molar-refractivity contribution is 5.97. The summed E-state index contributed by atoms with van der Waals surface area (Å²) in [6, 6.07) is 7.31. The molecule has 0 aliphatic heterocycles. The Morgan fingerprint density at radius 1 is 1.38 bits per heavy atom. The number of rotatable bonds is 5. The van der Waals surface area contributed by atoms with E-state index in [1.807, 2.05) is 24.3 Å². The minimum Gasteiger partial charge on any atom is -0.477 e. The molecule has 0 radical (unpaired) electrons. The van der Waals surface area contributed by atoms with Crippen LogP contribution in [0.4, 0.5) is 4.39 Å². The molecule has 2 unspecified atom stereocenters. The Kier molecular flexibility index (Phi) is 3.37. The van der Waals surface area contributed by atoms with E-state index in [2.05, 4.69) is 10.3 Å². The zero-order valence-electron chi connectivity index (χ0n) is 11.2. The number of hydrogen-bond donors (Lipinski definition) is 3. The van der Waals surface area contributed by atoms with Crippen molar-refractivity contribution < 1.29 is 19.1 Å². The van der Waals surface area contributed by atoms with E-state index in [-0.39, 0.29) is 11.6 Å². The van der Waals surface area contributed by atoms with Crippen LogP contribution in [-0.2, 0) is 11.2 Å². The van der Waals surface area contributed by atoms with Crippen molar-refractivity contribution in [1.82, 2.24) is 10.3 Å². The van der Waals surface area contributed by atoms with Crippen molar-refractivity contribution >= 4 is 22.8 Å². The number of carboxylic acid groups (broad SMARTS) is 1. The van der Waals surface area contributed by atoms with Gasteiger partial charge in [-0.25, -0.2) is 9.18 Å². The highest BCUT2D eigenvalue weighted by Crippen LogP contribution is 2.33. The molecule has 5 nitrogen and oxygen atoms in total. The molecule has 3 rings (SSSR count). The van der Waals surface area contributed by atoms with Crippen LogP contribution in [0.3, 0.4) is 0 Å². The molecule has 0 saturated heterocycles. The monoisotopic (exact) mass is 290 g/mol. The molecule has 1 heterocycles. The topological polar surface area (TPSA) is 82.2 Å². The van der Waals surface area contributed by atoms with Crippen LogP contribution in [0.25, 0.3) is 10.9 Å². The Morgan fingerprint density at radius 2 is 2.10 bits per heavy atom. The lowest BCUT2D eigenvalue weighted by Gasteiger charge is -2.05. The molecule has 1 aliphatic rings. The summed E-state index contributed by atoms with van der Waals surface area (Å²) in [5, 5.41) is 12.7. The van der Waals surface area contributed by atoms with Gasteiger partial charge in [-0.05, 0) is 24.5 Å². The van der Waals surface area contributed by atoms with Gasteiger partial charge < -0.3 is 15.4 Å². The molecule has 1 fully saturated rings. The molecule has 1 aromatic carbocycles. The van der Waals surface area contributed by atoms with E-state index in [0.717, 1.165) is 10.9 Å². The Bertz CT molecular complexity index is 710. The zero-order valence-corrected chi connectivity index (χ0v) is 11.2. The fraction of sp³-hybridized carbons (Fsp3) is 0.333. The third-order valence-electron chi connectivity index (χ3n) is 3.75. The summed E-state index contributed by atoms with van der Waals surface area (Å²) in [5.74, 6) is -1.84. The number of benzene rings is 1. The first-order valence-electron chi connectivity index (χ1n) is 6.82. The largest absolute Gasteiger partial charge is 0.477 e. The molecule has 110 valence electrons. The van der Waals surface area contributed by atoms with Crippen LogP contribution in [0.15, 0.2) is 24.3 Å². The predicted octanol–water partition coefficient (Wildman–Crippen LogP) is 1.88. The van der Waals surface area contributed by atoms with E-state index in [1.54, 1.807) is 0 Å². The van der Waals surface area contributed by atoms with Crippen molar-refractivity contribution in [2.75, 3.05) is 6.54 Å². The van der Waals surface area contributed by atoms with Crippen LogP contribution in [0.5, 0.6) is 0 Å². The standard InChI is InChI=1S/C15H15FN2O3/c16-11-7-10(11)14(19)17-6-5-9-8-3-1-2-4-12(8)18-13(9)15(20)21/h1-4,10-11,18H,5-7H2,(H,17,19)(H,20,21). The summed E-state index contributed by atoms with van der Waals surface area (Å²) in [6.45, 7) is 0.296. The van der Waals surface area contributed by atoms with Crippen LogP contribution in [0, 0.1) is 5.92 Å². The maximum absolute atomic E-state index is 12.8. The molecule has 6 heteroatoms. The molecule has 1 amide bonds. The average molecular weight is 290 g/mol. The number of H-pyrrole nitrogens is 1. The molecule has 21 heavy (non-hydrogen) atoms. The molecule has 0 bridgehead atoms. The Hall–Kier alpha value is -2.37. The molecule has 1 saturated carbocycles. The first-order valence-corrected chi connectivity index (χ1v) is 6.82. The van der Waals surface area contributed by atoms with Gasteiger partial charge in [0.1, 0.15) is 11.9 Å². The number of para-hydroxylation sites is 1. The van der Waals surface area contributed by atoms with Crippen LogP contribution in [-0.4, -0.2) is 34.7 Å². The second kappa shape index (κ2) is 5.20. The third kappa shape index (κ3) is 2.61. The van der Waals surface area contributed by atoms with Gasteiger partial charge in [0, 0.05) is 17.4 Å². The normalized spacial score (nSPS) is 20.4. The fourth-order valence-corrected chi connectivity index (χ4v) is 2.52. The second-order valence-electron chi connectivity index (χ2n) is 5.23. The lowest BCUT2D eigenvalue weighted by molar-refractivity contribution is -0.122. The highest BCUT2D eigenvalue weighted by Gasteiger charge is 2.43. The third-order valence-corrected chi connectivity index (χ3v) is 3.75. The van der Waals surface area contributed by atoms with Gasteiger partial charge in [0.25, 0.3) is 0 Å². The quantitative estimate of drug-likeness (QED) is 0.786. The van der Waals surface area contributed by atoms with Crippen molar-refractivity contribution in [2.45, 2.75) is 19.0 Å². The average Bonchev–Trinajstić information content (AvgIpc) is 3.07. The minimum absolute atomic E-state index is 0.139. The predicted molar refractivity (Wildman–Crippen MR) is 75.0 cm³/mol. The van der Waals surface area contributed by atoms with E-state index in [4.69, 9.17) is 0 Å². The Morgan fingerprint density at radius 3 is 2.76 bits per heavy atom. The lowest BCUT2D eigenvalue weighted by atomic mass is 10.1. The van der Waals surface area contributed by atoms with Gasteiger partial charge in [-0.1, -0.05) is 18.2 Å². The maximum Gasteiger partial charge on any atom is 0.352 e. The number of carbonyl (C=O) groups excluding carboxylic acids is 1. The van der Waals surface area contributed by atoms with Gasteiger partial charge in [-0.2, -0.15) is 0 Å². The van der Waals surface area contributed by atoms with Crippen molar-refractivity contribution in [3.8, 4) is 0 Å².